The molecule has 0 spiro atoms. The van der Waals surface area contributed by atoms with Gasteiger partial charge in [-0.2, -0.15) is 4.31 Å². The van der Waals surface area contributed by atoms with Crippen molar-refractivity contribution in [2.45, 2.75) is 31.2 Å². The molecule has 1 saturated heterocycles. The van der Waals surface area contributed by atoms with Crippen LogP contribution in [0.15, 0.2) is 65.6 Å². The molecule has 0 amide bonds. The predicted octanol–water partition coefficient (Wildman–Crippen LogP) is 3.85. The Hall–Kier alpha value is -2.77. The number of nitrogens with zero attached hydrogens (tertiary/aromatic N) is 3. The summed E-state index contributed by atoms with van der Waals surface area (Å²) in [6, 6.07) is 19.0. The lowest BCUT2D eigenvalue weighted by atomic mass is 10.1. The van der Waals surface area contributed by atoms with Gasteiger partial charge in [0.1, 0.15) is 5.82 Å². The standard InChI is InChI=1S/C22H24N4O2S/c1-17-4-8-19(9-5-17)21-12-13-22(25-24-21)23-16-18-6-10-20(11-7-18)29(27,28)26-14-2-3-15-26/h4-13H,2-3,14-16H2,1H3,(H,23,25). The highest BCUT2D eigenvalue weighted by molar-refractivity contribution is 7.89. The van der Waals surface area contributed by atoms with Gasteiger partial charge in [-0.05, 0) is 49.6 Å². The molecule has 1 aliphatic heterocycles. The van der Waals surface area contributed by atoms with Crippen LogP contribution in [0.25, 0.3) is 11.3 Å². The zero-order valence-electron chi connectivity index (χ0n) is 16.4. The molecule has 4 rings (SSSR count). The van der Waals surface area contributed by atoms with Gasteiger partial charge in [-0.15, -0.1) is 10.2 Å². The first kappa shape index (κ1) is 19.5. The van der Waals surface area contributed by atoms with Crippen LogP contribution < -0.4 is 5.32 Å². The van der Waals surface area contributed by atoms with Crippen molar-refractivity contribution in [3.8, 4) is 11.3 Å². The van der Waals surface area contributed by atoms with E-state index in [2.05, 4.69) is 34.6 Å². The van der Waals surface area contributed by atoms with E-state index in [1.165, 1.54) is 5.56 Å². The molecule has 7 heteroatoms. The van der Waals surface area contributed by atoms with Gasteiger partial charge in [0.2, 0.25) is 10.0 Å². The topological polar surface area (TPSA) is 75.2 Å². The Bertz CT molecular complexity index is 1060. The van der Waals surface area contributed by atoms with E-state index in [-0.39, 0.29) is 0 Å². The molecule has 3 aromatic rings. The monoisotopic (exact) mass is 408 g/mol. The molecule has 0 atom stereocenters. The van der Waals surface area contributed by atoms with Gasteiger partial charge >= 0.3 is 0 Å². The van der Waals surface area contributed by atoms with Crippen LogP contribution in [0.4, 0.5) is 5.82 Å². The molecule has 1 N–H and O–H groups in total. The van der Waals surface area contributed by atoms with Crippen LogP contribution in [0.2, 0.25) is 0 Å². The molecular weight excluding hydrogens is 384 g/mol. The van der Waals surface area contributed by atoms with Crippen LogP contribution in [-0.4, -0.2) is 36.0 Å². The van der Waals surface area contributed by atoms with Crippen molar-refractivity contribution < 1.29 is 8.42 Å². The van der Waals surface area contributed by atoms with Gasteiger partial charge in [0.05, 0.1) is 10.6 Å². The summed E-state index contributed by atoms with van der Waals surface area (Å²) < 4.78 is 26.7. The molecule has 1 aromatic heterocycles. The third-order valence-electron chi connectivity index (χ3n) is 5.11. The summed E-state index contributed by atoms with van der Waals surface area (Å²) in [7, 11) is -3.37. The first-order chi connectivity index (χ1) is 14.0. The molecule has 2 aromatic carbocycles. The van der Waals surface area contributed by atoms with Crippen LogP contribution in [-0.2, 0) is 16.6 Å². The Morgan fingerprint density at radius 1 is 0.897 bits per heavy atom. The Kier molecular flexibility index (Phi) is 5.60. The maximum absolute atomic E-state index is 12.6. The number of benzene rings is 2. The predicted molar refractivity (Wildman–Crippen MR) is 114 cm³/mol. The summed E-state index contributed by atoms with van der Waals surface area (Å²) in [5, 5.41) is 11.8. The second-order valence-electron chi connectivity index (χ2n) is 7.28. The minimum absolute atomic E-state index is 0.352. The van der Waals surface area contributed by atoms with E-state index in [0.29, 0.717) is 30.3 Å². The first-order valence-electron chi connectivity index (χ1n) is 9.76. The maximum Gasteiger partial charge on any atom is 0.243 e. The van der Waals surface area contributed by atoms with E-state index in [0.717, 1.165) is 29.7 Å². The van der Waals surface area contributed by atoms with Gasteiger partial charge in [-0.3, -0.25) is 0 Å². The number of aryl methyl sites for hydroxylation is 1. The fraction of sp³-hybridized carbons (Fsp3) is 0.273. The van der Waals surface area contributed by atoms with Crippen molar-refractivity contribution >= 4 is 15.8 Å². The van der Waals surface area contributed by atoms with E-state index in [4.69, 9.17) is 0 Å². The van der Waals surface area contributed by atoms with E-state index in [1.54, 1.807) is 16.4 Å². The smallest absolute Gasteiger partial charge is 0.243 e. The van der Waals surface area contributed by atoms with E-state index >= 15 is 0 Å². The molecule has 0 saturated carbocycles. The lowest BCUT2D eigenvalue weighted by Crippen LogP contribution is -2.27. The average molecular weight is 409 g/mol. The second kappa shape index (κ2) is 8.31. The Labute approximate surface area is 171 Å². The highest BCUT2D eigenvalue weighted by Gasteiger charge is 2.26. The number of sulfonamides is 1. The molecule has 29 heavy (non-hydrogen) atoms. The first-order valence-corrected chi connectivity index (χ1v) is 11.2. The number of aromatic nitrogens is 2. The van der Waals surface area contributed by atoms with Gasteiger partial charge in [0.25, 0.3) is 0 Å². The van der Waals surface area contributed by atoms with E-state index in [1.807, 2.05) is 36.4 Å². The number of nitrogens with one attached hydrogen (secondary N) is 1. The van der Waals surface area contributed by atoms with E-state index in [9.17, 15) is 8.42 Å². The van der Waals surface area contributed by atoms with Gasteiger partial charge in [-0.25, -0.2) is 8.42 Å². The van der Waals surface area contributed by atoms with Gasteiger partial charge in [0, 0.05) is 25.2 Å². The normalized spacial score (nSPS) is 14.8. The van der Waals surface area contributed by atoms with Crippen molar-refractivity contribution in [3.63, 3.8) is 0 Å². The minimum Gasteiger partial charge on any atom is -0.365 e. The SMILES string of the molecule is Cc1ccc(-c2ccc(NCc3ccc(S(=O)(=O)N4CCCC4)cc3)nn2)cc1. The molecule has 150 valence electrons. The van der Waals surface area contributed by atoms with Gasteiger partial charge < -0.3 is 5.32 Å². The molecule has 1 aliphatic rings. The van der Waals surface area contributed by atoms with Crippen LogP contribution in [0.1, 0.15) is 24.0 Å². The van der Waals surface area contributed by atoms with Gasteiger partial charge in [-0.1, -0.05) is 42.0 Å². The van der Waals surface area contributed by atoms with Crippen molar-refractivity contribution in [2.75, 3.05) is 18.4 Å². The zero-order chi connectivity index (χ0) is 20.3. The number of hydrogen-bond donors (Lipinski definition) is 1. The van der Waals surface area contributed by atoms with Crippen molar-refractivity contribution in [1.29, 1.82) is 0 Å². The molecule has 0 aliphatic carbocycles. The minimum atomic E-state index is -3.37. The summed E-state index contributed by atoms with van der Waals surface area (Å²) in [6.45, 7) is 3.82. The largest absolute Gasteiger partial charge is 0.365 e. The van der Waals surface area contributed by atoms with Crippen LogP contribution >= 0.6 is 0 Å². The zero-order valence-corrected chi connectivity index (χ0v) is 17.2. The van der Waals surface area contributed by atoms with Crippen LogP contribution in [0.3, 0.4) is 0 Å². The molecule has 0 bridgehead atoms. The number of hydrogen-bond acceptors (Lipinski definition) is 5. The maximum atomic E-state index is 12.6. The van der Waals surface area contributed by atoms with Crippen LogP contribution in [0, 0.1) is 6.92 Å². The van der Waals surface area contributed by atoms with Crippen molar-refractivity contribution in [1.82, 2.24) is 14.5 Å². The molecular formula is C22H24N4O2S. The quantitative estimate of drug-likeness (QED) is 0.671. The third-order valence-corrected chi connectivity index (χ3v) is 7.02. The Balaban J connectivity index is 1.38. The van der Waals surface area contributed by atoms with E-state index < -0.39 is 10.0 Å². The van der Waals surface area contributed by atoms with Crippen molar-refractivity contribution in [2.24, 2.45) is 0 Å². The number of rotatable bonds is 6. The summed E-state index contributed by atoms with van der Waals surface area (Å²) in [5.74, 6) is 0.676. The van der Waals surface area contributed by atoms with Crippen LogP contribution in [0.5, 0.6) is 0 Å². The lowest BCUT2D eigenvalue weighted by molar-refractivity contribution is 0.477. The van der Waals surface area contributed by atoms with Crippen molar-refractivity contribution in [3.05, 3.63) is 71.8 Å². The average Bonchev–Trinajstić information content (AvgIpc) is 3.30. The lowest BCUT2D eigenvalue weighted by Gasteiger charge is -2.15. The summed E-state index contributed by atoms with van der Waals surface area (Å²) >= 11 is 0. The highest BCUT2D eigenvalue weighted by atomic mass is 32.2. The molecule has 6 nitrogen and oxygen atoms in total. The Morgan fingerprint density at radius 2 is 1.59 bits per heavy atom. The fourth-order valence-corrected chi connectivity index (χ4v) is 4.87. The number of anilines is 1. The third kappa shape index (κ3) is 4.46. The molecule has 0 unspecified atom stereocenters. The summed E-state index contributed by atoms with van der Waals surface area (Å²) in [5.41, 5.74) is 4.05. The summed E-state index contributed by atoms with van der Waals surface area (Å²) in [4.78, 5) is 0.352. The molecule has 1 fully saturated rings. The molecule has 0 radical (unpaired) electrons. The summed E-state index contributed by atoms with van der Waals surface area (Å²) in [6.07, 6.45) is 1.87. The fourth-order valence-electron chi connectivity index (χ4n) is 3.35. The highest BCUT2D eigenvalue weighted by Crippen LogP contribution is 2.22. The van der Waals surface area contributed by atoms with Gasteiger partial charge in [0.15, 0.2) is 0 Å². The second-order valence-corrected chi connectivity index (χ2v) is 9.22. The molecule has 2 heterocycles. The Morgan fingerprint density at radius 3 is 2.21 bits per heavy atom.